The second-order valence-electron chi connectivity index (χ2n) is 6.77. The van der Waals surface area contributed by atoms with Crippen molar-refractivity contribution < 1.29 is 8.78 Å². The molecule has 1 N–H and O–H groups in total. The Morgan fingerprint density at radius 1 is 1.14 bits per heavy atom. The number of halogens is 2. The first kappa shape index (κ1) is 14.8. The average molecular weight is 294 g/mol. The zero-order valence-corrected chi connectivity index (χ0v) is 12.8. The smallest absolute Gasteiger partial charge is 0.181 e. The van der Waals surface area contributed by atoms with Crippen molar-refractivity contribution in [3.05, 3.63) is 29.8 Å². The van der Waals surface area contributed by atoms with Crippen LogP contribution >= 0.6 is 0 Å². The number of piperidine rings is 1. The van der Waals surface area contributed by atoms with Crippen LogP contribution < -0.4 is 5.32 Å². The third-order valence-electron chi connectivity index (χ3n) is 5.11. The highest BCUT2D eigenvalue weighted by Crippen LogP contribution is 2.37. The number of nitrogens with one attached hydrogen (secondary N) is 1. The van der Waals surface area contributed by atoms with E-state index in [-0.39, 0.29) is 6.04 Å². The quantitative estimate of drug-likeness (QED) is 0.910. The molecule has 2 bridgehead atoms. The maximum Gasteiger partial charge on any atom is 0.181 e. The molecule has 2 fully saturated rings. The SMILES string of the molecule is CC(C)N1CC2CCCC(C1)C2Nc1cccc(F)c1F. The molecule has 21 heavy (non-hydrogen) atoms. The summed E-state index contributed by atoms with van der Waals surface area (Å²) in [5.41, 5.74) is 0.315. The molecule has 0 spiro atoms. The predicted octanol–water partition coefficient (Wildman–Crippen LogP) is 3.89. The molecule has 0 aromatic heterocycles. The third-order valence-corrected chi connectivity index (χ3v) is 5.11. The van der Waals surface area contributed by atoms with E-state index in [0.29, 0.717) is 23.6 Å². The highest BCUT2D eigenvalue weighted by molar-refractivity contribution is 5.46. The van der Waals surface area contributed by atoms with Crippen LogP contribution in [0.25, 0.3) is 0 Å². The van der Waals surface area contributed by atoms with Crippen LogP contribution in [-0.2, 0) is 0 Å². The highest BCUT2D eigenvalue weighted by atomic mass is 19.2. The fourth-order valence-corrected chi connectivity index (χ4v) is 3.93. The van der Waals surface area contributed by atoms with Crippen LogP contribution in [0, 0.1) is 23.5 Å². The van der Waals surface area contributed by atoms with Crippen molar-refractivity contribution in [2.75, 3.05) is 18.4 Å². The molecule has 2 nitrogen and oxygen atoms in total. The third kappa shape index (κ3) is 2.91. The van der Waals surface area contributed by atoms with Crippen molar-refractivity contribution in [1.29, 1.82) is 0 Å². The van der Waals surface area contributed by atoms with Gasteiger partial charge in [0.25, 0.3) is 0 Å². The van der Waals surface area contributed by atoms with Gasteiger partial charge in [0.05, 0.1) is 5.69 Å². The first-order valence-electron chi connectivity index (χ1n) is 8.01. The fourth-order valence-electron chi connectivity index (χ4n) is 3.93. The fraction of sp³-hybridized carbons (Fsp3) is 0.647. The summed E-state index contributed by atoms with van der Waals surface area (Å²) in [6.07, 6.45) is 3.60. The van der Waals surface area contributed by atoms with Crippen LogP contribution in [0.15, 0.2) is 18.2 Å². The number of hydrogen-bond acceptors (Lipinski definition) is 2. The Morgan fingerprint density at radius 3 is 2.43 bits per heavy atom. The molecule has 0 amide bonds. The maximum absolute atomic E-state index is 13.9. The number of anilines is 1. The van der Waals surface area contributed by atoms with E-state index in [9.17, 15) is 8.78 Å². The molecule has 1 aliphatic carbocycles. The minimum absolute atomic E-state index is 0.269. The van der Waals surface area contributed by atoms with E-state index in [2.05, 4.69) is 24.1 Å². The lowest BCUT2D eigenvalue weighted by molar-refractivity contribution is 0.0517. The number of fused-ring (bicyclic) bond motifs is 2. The number of likely N-dealkylation sites (tertiary alicyclic amines) is 1. The highest BCUT2D eigenvalue weighted by Gasteiger charge is 2.40. The van der Waals surface area contributed by atoms with Crippen molar-refractivity contribution in [3.63, 3.8) is 0 Å². The van der Waals surface area contributed by atoms with Gasteiger partial charge in [0.2, 0.25) is 0 Å². The molecule has 2 unspecified atom stereocenters. The van der Waals surface area contributed by atoms with E-state index < -0.39 is 11.6 Å². The van der Waals surface area contributed by atoms with Gasteiger partial charge in [0.1, 0.15) is 0 Å². The molecule has 2 atom stereocenters. The summed E-state index contributed by atoms with van der Waals surface area (Å²) >= 11 is 0. The van der Waals surface area contributed by atoms with Gasteiger partial charge in [-0.15, -0.1) is 0 Å². The van der Waals surface area contributed by atoms with Gasteiger partial charge in [-0.1, -0.05) is 12.5 Å². The Kier molecular flexibility index (Phi) is 4.16. The molecule has 116 valence electrons. The van der Waals surface area contributed by atoms with Crippen LogP contribution in [-0.4, -0.2) is 30.1 Å². The summed E-state index contributed by atoms with van der Waals surface area (Å²) in [5, 5.41) is 3.31. The predicted molar refractivity (Wildman–Crippen MR) is 81.3 cm³/mol. The lowest BCUT2D eigenvalue weighted by Crippen LogP contribution is -2.56. The van der Waals surface area contributed by atoms with E-state index >= 15 is 0 Å². The molecule has 1 heterocycles. The zero-order valence-electron chi connectivity index (χ0n) is 12.8. The Balaban J connectivity index is 1.78. The lowest BCUT2D eigenvalue weighted by Gasteiger charge is -2.49. The first-order chi connectivity index (χ1) is 10.1. The standard InChI is InChI=1S/C17H24F2N2/c1-11(2)21-9-12-5-3-6-13(10-21)17(12)20-15-8-4-7-14(18)16(15)19/h4,7-8,11-13,17,20H,3,5-6,9-10H2,1-2H3. The normalized spacial score (nSPS) is 29.7. The topological polar surface area (TPSA) is 15.3 Å². The van der Waals surface area contributed by atoms with Crippen molar-refractivity contribution in [2.24, 2.45) is 11.8 Å². The Labute approximate surface area is 125 Å². The second-order valence-corrected chi connectivity index (χ2v) is 6.77. The van der Waals surface area contributed by atoms with Gasteiger partial charge in [-0.25, -0.2) is 8.78 Å². The Bertz CT molecular complexity index is 490. The molecule has 4 heteroatoms. The molecule has 0 radical (unpaired) electrons. The van der Waals surface area contributed by atoms with Crippen molar-refractivity contribution in [3.8, 4) is 0 Å². The minimum Gasteiger partial charge on any atom is -0.379 e. The first-order valence-corrected chi connectivity index (χ1v) is 8.01. The monoisotopic (exact) mass is 294 g/mol. The van der Waals surface area contributed by atoms with Crippen LogP contribution in [0.3, 0.4) is 0 Å². The Morgan fingerprint density at radius 2 is 1.81 bits per heavy atom. The number of rotatable bonds is 3. The summed E-state index contributed by atoms with van der Waals surface area (Å²) in [6.45, 7) is 6.58. The van der Waals surface area contributed by atoms with Crippen molar-refractivity contribution in [2.45, 2.75) is 45.2 Å². The van der Waals surface area contributed by atoms with Gasteiger partial charge in [0.15, 0.2) is 11.6 Å². The van der Waals surface area contributed by atoms with Crippen LogP contribution in [0.2, 0.25) is 0 Å². The van der Waals surface area contributed by atoms with Crippen molar-refractivity contribution in [1.82, 2.24) is 4.90 Å². The second kappa shape index (κ2) is 5.91. The number of hydrogen-bond donors (Lipinski definition) is 1. The molecule has 1 aromatic rings. The van der Waals surface area contributed by atoms with Crippen LogP contribution in [0.5, 0.6) is 0 Å². The maximum atomic E-state index is 13.9. The molecule has 1 aromatic carbocycles. The summed E-state index contributed by atoms with van der Waals surface area (Å²) in [4.78, 5) is 2.52. The van der Waals surface area contributed by atoms with Crippen LogP contribution in [0.1, 0.15) is 33.1 Å². The summed E-state index contributed by atoms with van der Waals surface area (Å²) < 4.78 is 27.3. The number of benzene rings is 1. The van der Waals surface area contributed by atoms with Gasteiger partial charge >= 0.3 is 0 Å². The molecule has 1 aliphatic heterocycles. The Hall–Kier alpha value is -1.16. The van der Waals surface area contributed by atoms with Crippen LogP contribution in [0.4, 0.5) is 14.5 Å². The van der Waals surface area contributed by atoms with Crippen molar-refractivity contribution >= 4 is 5.69 Å². The van der Waals surface area contributed by atoms with Gasteiger partial charge in [-0.05, 0) is 50.7 Å². The van der Waals surface area contributed by atoms with E-state index in [1.807, 2.05) is 0 Å². The molecule has 2 aliphatic rings. The van der Waals surface area contributed by atoms with E-state index in [4.69, 9.17) is 0 Å². The van der Waals surface area contributed by atoms with Gasteiger partial charge < -0.3 is 10.2 Å². The van der Waals surface area contributed by atoms with Gasteiger partial charge in [-0.3, -0.25) is 0 Å². The zero-order chi connectivity index (χ0) is 15.0. The minimum atomic E-state index is -0.773. The van der Waals surface area contributed by atoms with E-state index in [0.717, 1.165) is 13.1 Å². The van der Waals surface area contributed by atoms with E-state index in [1.165, 1.54) is 25.3 Å². The molecule has 1 saturated heterocycles. The molecular weight excluding hydrogens is 270 g/mol. The van der Waals surface area contributed by atoms with Gasteiger partial charge in [-0.2, -0.15) is 0 Å². The lowest BCUT2D eigenvalue weighted by atomic mass is 9.73. The van der Waals surface area contributed by atoms with Gasteiger partial charge in [0, 0.05) is 25.2 Å². The summed E-state index contributed by atoms with van der Waals surface area (Å²) in [7, 11) is 0. The molecule has 1 saturated carbocycles. The largest absolute Gasteiger partial charge is 0.379 e. The molecular formula is C17H24F2N2. The summed E-state index contributed by atoms with van der Waals surface area (Å²) in [6, 6.07) is 5.20. The molecule has 3 rings (SSSR count). The number of nitrogens with zero attached hydrogens (tertiary/aromatic N) is 1. The summed E-state index contributed by atoms with van der Waals surface area (Å²) in [5.74, 6) is -0.461. The average Bonchev–Trinajstić information content (AvgIpc) is 2.43. The van der Waals surface area contributed by atoms with E-state index in [1.54, 1.807) is 12.1 Å².